The quantitative estimate of drug-likeness (QED) is 0.393. The second kappa shape index (κ2) is 10.6. The summed E-state index contributed by atoms with van der Waals surface area (Å²) < 4.78 is 17.3. The average Bonchev–Trinajstić information content (AvgIpc) is 3.29. The van der Waals surface area contributed by atoms with Crippen molar-refractivity contribution in [1.29, 1.82) is 0 Å². The maximum absolute atomic E-state index is 13.2. The van der Waals surface area contributed by atoms with Crippen molar-refractivity contribution in [2.24, 2.45) is 0 Å². The van der Waals surface area contributed by atoms with Gasteiger partial charge in [0, 0.05) is 23.7 Å². The summed E-state index contributed by atoms with van der Waals surface area (Å²) in [4.78, 5) is 20.6. The highest BCUT2D eigenvalue weighted by Crippen LogP contribution is 2.40. The number of halogens is 2. The van der Waals surface area contributed by atoms with Gasteiger partial charge in [-0.15, -0.1) is 11.3 Å². The Hall–Kier alpha value is -2.26. The first-order valence-corrected chi connectivity index (χ1v) is 13.6. The topological polar surface area (TPSA) is 72.9 Å². The summed E-state index contributed by atoms with van der Waals surface area (Å²) in [5.74, 6) is 1.26. The Bertz CT molecular complexity index is 1240. The van der Waals surface area contributed by atoms with Crippen LogP contribution in [0.25, 0.3) is 10.2 Å². The molecule has 1 unspecified atom stereocenters. The molecular weight excluding hydrogens is 521 g/mol. The number of hydrogen-bond acceptors (Lipinski definition) is 7. The van der Waals surface area contributed by atoms with Gasteiger partial charge in [-0.3, -0.25) is 9.69 Å². The van der Waals surface area contributed by atoms with E-state index in [4.69, 9.17) is 42.4 Å². The van der Waals surface area contributed by atoms with E-state index in [1.807, 2.05) is 12.1 Å². The molecule has 1 aromatic heterocycles. The van der Waals surface area contributed by atoms with Crippen LogP contribution in [-0.4, -0.2) is 55.2 Å². The van der Waals surface area contributed by atoms with Crippen molar-refractivity contribution in [3.8, 4) is 17.2 Å². The third-order valence-electron chi connectivity index (χ3n) is 7.20. The van der Waals surface area contributed by atoms with Gasteiger partial charge in [-0.2, -0.15) is 0 Å². The number of methoxy groups -OCH3 is 3. The first kappa shape index (κ1) is 25.4. The zero-order valence-electron chi connectivity index (χ0n) is 20.5. The van der Waals surface area contributed by atoms with Crippen molar-refractivity contribution >= 4 is 50.7 Å². The van der Waals surface area contributed by atoms with E-state index in [-0.39, 0.29) is 11.9 Å². The van der Waals surface area contributed by atoms with E-state index in [0.717, 1.165) is 47.5 Å². The first-order valence-electron chi connectivity index (χ1n) is 12.0. The molecule has 1 N–H and O–H groups in total. The molecular formula is C26H29Cl2N3O4S. The molecule has 7 nitrogen and oxygen atoms in total. The van der Waals surface area contributed by atoms with Gasteiger partial charge in [0.2, 0.25) is 5.75 Å². The van der Waals surface area contributed by atoms with Crippen molar-refractivity contribution in [3.05, 3.63) is 44.9 Å². The second-order valence-electron chi connectivity index (χ2n) is 9.28. The van der Waals surface area contributed by atoms with Gasteiger partial charge in [-0.05, 0) is 49.9 Å². The lowest BCUT2D eigenvalue weighted by Crippen LogP contribution is -2.56. The summed E-state index contributed by atoms with van der Waals surface area (Å²) >= 11 is 14.2. The van der Waals surface area contributed by atoms with Crippen LogP contribution < -0.4 is 19.5 Å². The number of ether oxygens (including phenoxy) is 3. The Labute approximate surface area is 224 Å². The first-order chi connectivity index (χ1) is 17.4. The number of rotatable bonds is 7. The molecule has 2 bridgehead atoms. The van der Waals surface area contributed by atoms with Crippen LogP contribution in [0.2, 0.25) is 10.0 Å². The van der Waals surface area contributed by atoms with Crippen LogP contribution in [0.15, 0.2) is 24.3 Å². The third kappa shape index (κ3) is 4.84. The molecule has 5 rings (SSSR count). The van der Waals surface area contributed by atoms with Gasteiger partial charge in [-0.1, -0.05) is 29.6 Å². The van der Waals surface area contributed by atoms with Gasteiger partial charge < -0.3 is 19.5 Å². The fourth-order valence-corrected chi connectivity index (χ4v) is 6.94. The van der Waals surface area contributed by atoms with Crippen molar-refractivity contribution in [3.63, 3.8) is 0 Å². The van der Waals surface area contributed by atoms with E-state index in [9.17, 15) is 4.79 Å². The molecule has 3 atom stereocenters. The van der Waals surface area contributed by atoms with Gasteiger partial charge in [0.25, 0.3) is 5.91 Å². The van der Waals surface area contributed by atoms with Crippen LogP contribution >= 0.6 is 34.5 Å². The molecule has 3 heterocycles. The maximum Gasteiger partial charge on any atom is 0.251 e. The van der Waals surface area contributed by atoms with Crippen molar-refractivity contribution in [2.45, 2.75) is 56.8 Å². The lowest BCUT2D eigenvalue weighted by atomic mass is 9.81. The zero-order valence-corrected chi connectivity index (χ0v) is 22.8. The minimum absolute atomic E-state index is 0.103. The Morgan fingerprint density at radius 1 is 1.08 bits per heavy atom. The fraction of sp³-hybridized carbons (Fsp3) is 0.462. The number of amides is 1. The molecule has 2 aromatic carbocycles. The van der Waals surface area contributed by atoms with Crippen molar-refractivity contribution in [2.75, 3.05) is 21.3 Å². The second-order valence-corrected chi connectivity index (χ2v) is 11.2. The number of benzene rings is 2. The van der Waals surface area contributed by atoms with E-state index < -0.39 is 0 Å². The van der Waals surface area contributed by atoms with Gasteiger partial charge in [-0.25, -0.2) is 4.98 Å². The lowest BCUT2D eigenvalue weighted by molar-refractivity contribution is 0.0177. The number of nitrogens with one attached hydrogen (secondary N) is 1. The number of aromatic nitrogens is 1. The van der Waals surface area contributed by atoms with E-state index in [0.29, 0.717) is 44.9 Å². The van der Waals surface area contributed by atoms with Crippen LogP contribution in [0, 0.1) is 0 Å². The average molecular weight is 551 g/mol. The van der Waals surface area contributed by atoms with E-state index >= 15 is 0 Å². The molecule has 0 spiro atoms. The predicted molar refractivity (Wildman–Crippen MR) is 143 cm³/mol. The number of nitrogens with zero attached hydrogens (tertiary/aromatic N) is 2. The largest absolute Gasteiger partial charge is 0.493 e. The number of hydrogen-bond donors (Lipinski definition) is 1. The molecule has 0 aliphatic carbocycles. The summed E-state index contributed by atoms with van der Waals surface area (Å²) in [6.45, 7) is 0.788. The maximum atomic E-state index is 13.2. The summed E-state index contributed by atoms with van der Waals surface area (Å²) in [7, 11) is 4.64. The highest BCUT2D eigenvalue weighted by Gasteiger charge is 2.39. The monoisotopic (exact) mass is 549 g/mol. The molecule has 192 valence electrons. The Morgan fingerprint density at radius 2 is 1.75 bits per heavy atom. The van der Waals surface area contributed by atoms with Crippen LogP contribution in [-0.2, 0) is 6.54 Å². The summed E-state index contributed by atoms with van der Waals surface area (Å²) in [5, 5.41) is 5.36. The molecule has 36 heavy (non-hydrogen) atoms. The highest BCUT2D eigenvalue weighted by atomic mass is 35.5. The normalized spacial score (nSPS) is 21.9. The molecule has 10 heteroatoms. The van der Waals surface area contributed by atoms with E-state index in [1.54, 1.807) is 44.8 Å². The van der Waals surface area contributed by atoms with Gasteiger partial charge in [0.1, 0.15) is 10.5 Å². The van der Waals surface area contributed by atoms with Crippen LogP contribution in [0.4, 0.5) is 0 Å². The van der Waals surface area contributed by atoms with Crippen LogP contribution in [0.5, 0.6) is 17.2 Å². The number of carbonyl (C=O) groups excluding carboxylic acids is 1. The van der Waals surface area contributed by atoms with Gasteiger partial charge >= 0.3 is 0 Å². The third-order valence-corrected chi connectivity index (χ3v) is 9.00. The SMILES string of the molecule is COc1cc(C(=O)NC2C[C@H]3CCC[C@@H](C2)N3Cc2nc3c(Cl)c(Cl)ccc3s2)cc(OC)c1OC. The lowest BCUT2D eigenvalue weighted by Gasteiger charge is -2.48. The van der Waals surface area contributed by atoms with E-state index in [2.05, 4.69) is 10.2 Å². The molecule has 2 aliphatic rings. The fourth-order valence-electron chi connectivity index (χ4n) is 5.54. The molecule has 3 aromatic rings. The standard InChI is InChI=1S/C26H29Cl2N3O4S/c1-33-19-9-14(10-20(34-2)25(19)35-3)26(32)29-15-11-16-5-4-6-17(12-15)31(16)13-22-30-24-21(36-22)8-7-18(27)23(24)28/h7-10,15-17H,4-6,11-13H2,1-3H3,(H,29,32)/t15?,16-,17+. The Kier molecular flexibility index (Phi) is 7.49. The molecule has 1 amide bonds. The predicted octanol–water partition coefficient (Wildman–Crippen LogP) is 5.94. The van der Waals surface area contributed by atoms with Gasteiger partial charge in [0.05, 0.1) is 42.6 Å². The minimum atomic E-state index is -0.136. The van der Waals surface area contributed by atoms with Gasteiger partial charge in [0.15, 0.2) is 11.5 Å². The number of carbonyl (C=O) groups is 1. The molecule has 2 fully saturated rings. The number of fused-ring (bicyclic) bond motifs is 3. The number of thiazole rings is 1. The van der Waals surface area contributed by atoms with Crippen LogP contribution in [0.1, 0.15) is 47.5 Å². The Balaban J connectivity index is 1.30. The zero-order chi connectivity index (χ0) is 25.4. The molecule has 2 aliphatic heterocycles. The summed E-state index contributed by atoms with van der Waals surface area (Å²) in [5.41, 5.74) is 1.27. The Morgan fingerprint density at radius 3 is 2.36 bits per heavy atom. The minimum Gasteiger partial charge on any atom is -0.493 e. The molecule has 0 radical (unpaired) electrons. The summed E-state index contributed by atoms with van der Waals surface area (Å²) in [6.07, 6.45) is 5.25. The number of piperidine rings is 2. The highest BCUT2D eigenvalue weighted by molar-refractivity contribution is 7.18. The van der Waals surface area contributed by atoms with E-state index in [1.165, 1.54) is 6.42 Å². The smallest absolute Gasteiger partial charge is 0.251 e. The molecule has 2 saturated heterocycles. The molecule has 0 saturated carbocycles. The van der Waals surface area contributed by atoms with Crippen molar-refractivity contribution < 1.29 is 19.0 Å². The van der Waals surface area contributed by atoms with Crippen LogP contribution in [0.3, 0.4) is 0 Å². The summed E-state index contributed by atoms with van der Waals surface area (Å²) in [6, 6.07) is 8.09. The van der Waals surface area contributed by atoms with Crippen molar-refractivity contribution in [1.82, 2.24) is 15.2 Å².